The molecule has 0 aliphatic carbocycles. The molecule has 0 aliphatic heterocycles. The van der Waals surface area contributed by atoms with Gasteiger partial charge in [-0.1, -0.05) is 38.3 Å². The van der Waals surface area contributed by atoms with Crippen LogP contribution in [0.1, 0.15) is 49.7 Å². The SMILES string of the molecule is CCOC(=O)c1c(P(=O)(OCC)c2cc(F)cc(C(C)C)c2)c2cc(Cl)ccc2n1S. The van der Waals surface area contributed by atoms with E-state index in [4.69, 9.17) is 20.9 Å². The molecule has 0 saturated heterocycles. The van der Waals surface area contributed by atoms with E-state index in [1.807, 2.05) is 13.8 Å². The van der Waals surface area contributed by atoms with E-state index in [-0.39, 0.29) is 35.4 Å². The first kappa shape index (κ1) is 23.9. The van der Waals surface area contributed by atoms with Gasteiger partial charge in [-0.05, 0) is 61.7 Å². The Labute approximate surface area is 191 Å². The lowest BCUT2D eigenvalue weighted by Gasteiger charge is -2.21. The molecule has 9 heteroatoms. The van der Waals surface area contributed by atoms with Crippen molar-refractivity contribution in [3.8, 4) is 0 Å². The number of halogens is 2. The summed E-state index contributed by atoms with van der Waals surface area (Å²) in [5.74, 6) is -1.25. The molecule has 2 aromatic carbocycles. The van der Waals surface area contributed by atoms with Gasteiger partial charge < -0.3 is 9.26 Å². The van der Waals surface area contributed by atoms with Gasteiger partial charge in [0.25, 0.3) is 7.37 Å². The third-order valence-electron chi connectivity index (χ3n) is 4.86. The summed E-state index contributed by atoms with van der Waals surface area (Å²) in [7, 11) is -3.95. The predicted octanol–water partition coefficient (Wildman–Crippen LogP) is 5.69. The lowest BCUT2D eigenvalue weighted by Crippen LogP contribution is -2.25. The van der Waals surface area contributed by atoms with Crippen LogP contribution in [0.3, 0.4) is 0 Å². The molecule has 0 amide bonds. The van der Waals surface area contributed by atoms with Crippen LogP contribution in [0, 0.1) is 5.82 Å². The number of hydrogen-bond acceptors (Lipinski definition) is 5. The first-order valence-corrected chi connectivity index (χ1v) is 12.3. The van der Waals surface area contributed by atoms with Gasteiger partial charge in [0, 0.05) is 15.7 Å². The van der Waals surface area contributed by atoms with Gasteiger partial charge in [-0.15, -0.1) is 0 Å². The van der Waals surface area contributed by atoms with Gasteiger partial charge in [0.2, 0.25) is 0 Å². The number of esters is 1. The van der Waals surface area contributed by atoms with E-state index >= 15 is 0 Å². The molecule has 0 N–H and O–H groups in total. The van der Waals surface area contributed by atoms with Crippen LogP contribution in [-0.2, 0) is 13.8 Å². The van der Waals surface area contributed by atoms with Crippen molar-refractivity contribution in [1.29, 1.82) is 0 Å². The molecular weight excluding hydrogens is 460 g/mol. The molecule has 0 bridgehead atoms. The summed E-state index contributed by atoms with van der Waals surface area (Å²) < 4.78 is 41.4. The monoisotopic (exact) mass is 483 g/mol. The Bertz CT molecular complexity index is 1190. The number of ether oxygens (including phenoxy) is 1. The van der Waals surface area contributed by atoms with Crippen molar-refractivity contribution < 1.29 is 23.0 Å². The number of carbonyl (C=O) groups is 1. The van der Waals surface area contributed by atoms with Crippen molar-refractivity contribution in [3.05, 3.63) is 58.5 Å². The minimum Gasteiger partial charge on any atom is -0.461 e. The van der Waals surface area contributed by atoms with Gasteiger partial charge in [0.1, 0.15) is 5.82 Å². The highest BCUT2D eigenvalue weighted by Gasteiger charge is 2.39. The van der Waals surface area contributed by atoms with Gasteiger partial charge in [-0.3, -0.25) is 8.54 Å². The Balaban J connectivity index is 2.45. The zero-order valence-electron chi connectivity index (χ0n) is 17.7. The standard InChI is InChI=1S/C22H24ClFNO4PS/c1-5-28-22(26)20-21(18-11-15(23)7-8-19(18)25(20)31)30(27,29-6-2)17-10-14(13(3)4)9-16(24)12-17/h7-13,31H,5-6H2,1-4H3. The van der Waals surface area contributed by atoms with Gasteiger partial charge in [-0.2, -0.15) is 0 Å². The predicted molar refractivity (Wildman–Crippen MR) is 126 cm³/mol. The number of fused-ring (bicyclic) bond motifs is 1. The van der Waals surface area contributed by atoms with E-state index in [0.29, 0.717) is 21.5 Å². The molecule has 0 fully saturated rings. The van der Waals surface area contributed by atoms with Crippen LogP contribution in [-0.4, -0.2) is 23.2 Å². The normalized spacial score (nSPS) is 13.5. The molecule has 31 heavy (non-hydrogen) atoms. The molecule has 1 unspecified atom stereocenters. The second kappa shape index (κ2) is 9.37. The quantitative estimate of drug-likeness (QED) is 0.266. The number of rotatable bonds is 7. The lowest BCUT2D eigenvalue weighted by molar-refractivity contribution is 0.0520. The van der Waals surface area contributed by atoms with E-state index in [9.17, 15) is 13.8 Å². The molecule has 0 spiro atoms. The zero-order chi connectivity index (χ0) is 22.9. The van der Waals surface area contributed by atoms with Crippen LogP contribution in [0.25, 0.3) is 10.9 Å². The Morgan fingerprint density at radius 1 is 1.19 bits per heavy atom. The van der Waals surface area contributed by atoms with Crippen LogP contribution in [0.4, 0.5) is 4.39 Å². The molecular formula is C22H24ClFNO4PS. The molecule has 3 rings (SSSR count). The third-order valence-corrected chi connectivity index (χ3v) is 8.12. The van der Waals surface area contributed by atoms with E-state index in [2.05, 4.69) is 12.8 Å². The first-order chi connectivity index (χ1) is 14.6. The highest BCUT2D eigenvalue weighted by atomic mass is 35.5. The van der Waals surface area contributed by atoms with Crippen molar-refractivity contribution in [3.63, 3.8) is 0 Å². The highest BCUT2D eigenvalue weighted by Crippen LogP contribution is 2.49. The fraction of sp³-hybridized carbons (Fsp3) is 0.318. The second-order valence-corrected chi connectivity index (χ2v) is 10.4. The number of aromatic nitrogens is 1. The summed E-state index contributed by atoms with van der Waals surface area (Å²) in [6.45, 7) is 7.37. The van der Waals surface area contributed by atoms with E-state index < -0.39 is 19.2 Å². The van der Waals surface area contributed by atoms with Crippen molar-refractivity contribution in [2.75, 3.05) is 13.2 Å². The Morgan fingerprint density at radius 2 is 1.90 bits per heavy atom. The summed E-state index contributed by atoms with van der Waals surface area (Å²) >= 11 is 10.7. The maximum Gasteiger partial charge on any atom is 0.356 e. The second-order valence-electron chi connectivity index (χ2n) is 7.26. The van der Waals surface area contributed by atoms with E-state index in [1.54, 1.807) is 38.1 Å². The number of carbonyl (C=O) groups excluding carboxylic acids is 1. The molecule has 5 nitrogen and oxygen atoms in total. The summed E-state index contributed by atoms with van der Waals surface area (Å²) in [6, 6.07) is 9.14. The molecule has 0 aliphatic rings. The minimum absolute atomic E-state index is 0.00489. The number of hydrogen-bond donors (Lipinski definition) is 1. The van der Waals surface area contributed by atoms with Crippen LogP contribution in [0.2, 0.25) is 5.02 Å². The third kappa shape index (κ3) is 4.42. The summed E-state index contributed by atoms with van der Waals surface area (Å²) in [5.41, 5.74) is 1.14. The van der Waals surface area contributed by atoms with Crippen LogP contribution in [0.15, 0.2) is 36.4 Å². The summed E-state index contributed by atoms with van der Waals surface area (Å²) in [4.78, 5) is 12.9. The fourth-order valence-corrected chi connectivity index (χ4v) is 6.55. The average Bonchev–Trinajstić information content (AvgIpc) is 3.00. The minimum atomic E-state index is -3.95. The van der Waals surface area contributed by atoms with Gasteiger partial charge >= 0.3 is 5.97 Å². The maximum atomic E-state index is 14.5. The Hall–Kier alpha value is -1.79. The van der Waals surface area contributed by atoms with Gasteiger partial charge in [0.05, 0.1) is 24.0 Å². The number of thiol groups is 1. The largest absolute Gasteiger partial charge is 0.461 e. The van der Waals surface area contributed by atoms with Gasteiger partial charge in [-0.25, -0.2) is 9.18 Å². The molecule has 166 valence electrons. The molecule has 1 aromatic heterocycles. The van der Waals surface area contributed by atoms with Crippen molar-refractivity contribution >= 4 is 59.3 Å². The molecule has 3 aromatic rings. The molecule has 1 heterocycles. The Morgan fingerprint density at radius 3 is 2.52 bits per heavy atom. The molecule has 0 radical (unpaired) electrons. The van der Waals surface area contributed by atoms with Crippen molar-refractivity contribution in [2.45, 2.75) is 33.6 Å². The van der Waals surface area contributed by atoms with E-state index in [1.165, 1.54) is 16.1 Å². The maximum absolute atomic E-state index is 14.5. The highest BCUT2D eigenvalue weighted by molar-refractivity contribution is 7.79. The smallest absolute Gasteiger partial charge is 0.356 e. The fourth-order valence-electron chi connectivity index (χ4n) is 3.46. The Kier molecular flexibility index (Phi) is 7.21. The van der Waals surface area contributed by atoms with Gasteiger partial charge in [0.15, 0.2) is 5.69 Å². The molecule has 1 atom stereocenters. The van der Waals surface area contributed by atoms with Crippen LogP contribution in [0.5, 0.6) is 0 Å². The van der Waals surface area contributed by atoms with Crippen LogP contribution >= 0.6 is 31.8 Å². The van der Waals surface area contributed by atoms with E-state index in [0.717, 1.165) is 0 Å². The van der Waals surface area contributed by atoms with Crippen molar-refractivity contribution in [1.82, 2.24) is 3.97 Å². The lowest BCUT2D eigenvalue weighted by atomic mass is 10.0. The topological polar surface area (TPSA) is 57.5 Å². The van der Waals surface area contributed by atoms with Crippen LogP contribution < -0.4 is 10.6 Å². The van der Waals surface area contributed by atoms with Crippen molar-refractivity contribution in [2.24, 2.45) is 0 Å². The zero-order valence-corrected chi connectivity index (χ0v) is 20.2. The summed E-state index contributed by atoms with van der Waals surface area (Å²) in [6.07, 6.45) is 0. The summed E-state index contributed by atoms with van der Waals surface area (Å²) in [5, 5.41) is 1.07. The molecule has 0 saturated carbocycles. The number of nitrogens with zero attached hydrogens (tertiary/aromatic N) is 1. The average molecular weight is 484 g/mol. The first-order valence-electron chi connectivity index (χ1n) is 9.90. The number of benzene rings is 2.